The minimum atomic E-state index is -1.01. The number of nitrogens with two attached hydrogens (primary N) is 1. The number of ether oxygens (including phenoxy) is 1. The fourth-order valence-electron chi connectivity index (χ4n) is 3.09. The van der Waals surface area contributed by atoms with Crippen molar-refractivity contribution in [2.45, 2.75) is 18.9 Å². The standard InChI is InChI=1S/C17H18N4O6/c18-12(22)8-27-7-6-19-10-3-1-2-9-14(10)17(26)21(16(9)25)11-4-5-13(23)20-15(11)24/h1-3,11,19H,4-8H2,(H2,18,22)(H,20,23,24). The molecule has 1 unspecified atom stereocenters. The summed E-state index contributed by atoms with van der Waals surface area (Å²) in [6.45, 7) is 0.241. The Kier molecular flexibility index (Phi) is 5.17. The fourth-order valence-corrected chi connectivity index (χ4v) is 3.09. The third-order valence-corrected chi connectivity index (χ3v) is 4.27. The smallest absolute Gasteiger partial charge is 0.264 e. The summed E-state index contributed by atoms with van der Waals surface area (Å²) in [5.74, 6) is -2.83. The number of rotatable bonds is 7. The number of fused-ring (bicyclic) bond motifs is 1. The molecule has 0 aromatic heterocycles. The minimum absolute atomic E-state index is 0.0616. The number of nitrogens with zero attached hydrogens (tertiary/aromatic N) is 1. The quantitative estimate of drug-likeness (QED) is 0.409. The first-order valence-electron chi connectivity index (χ1n) is 8.34. The van der Waals surface area contributed by atoms with Gasteiger partial charge in [0.1, 0.15) is 12.6 Å². The van der Waals surface area contributed by atoms with E-state index in [0.717, 1.165) is 4.90 Å². The molecule has 0 spiro atoms. The van der Waals surface area contributed by atoms with Crippen molar-refractivity contribution >= 4 is 35.2 Å². The van der Waals surface area contributed by atoms with Gasteiger partial charge in [-0.05, 0) is 18.6 Å². The van der Waals surface area contributed by atoms with E-state index in [1.807, 2.05) is 0 Å². The lowest BCUT2D eigenvalue weighted by Gasteiger charge is -2.27. The molecule has 10 heteroatoms. The highest BCUT2D eigenvalue weighted by molar-refractivity contribution is 6.25. The average molecular weight is 374 g/mol. The van der Waals surface area contributed by atoms with Crippen LogP contribution in [0.2, 0.25) is 0 Å². The van der Waals surface area contributed by atoms with E-state index in [0.29, 0.717) is 5.69 Å². The molecule has 0 aliphatic carbocycles. The number of hydrogen-bond donors (Lipinski definition) is 3. The largest absolute Gasteiger partial charge is 0.382 e. The van der Waals surface area contributed by atoms with E-state index in [-0.39, 0.29) is 43.7 Å². The monoisotopic (exact) mass is 374 g/mol. The van der Waals surface area contributed by atoms with Gasteiger partial charge in [0, 0.05) is 18.7 Å². The molecule has 27 heavy (non-hydrogen) atoms. The van der Waals surface area contributed by atoms with Gasteiger partial charge in [-0.25, -0.2) is 0 Å². The van der Waals surface area contributed by atoms with Crippen LogP contribution < -0.4 is 16.4 Å². The lowest BCUT2D eigenvalue weighted by atomic mass is 10.0. The van der Waals surface area contributed by atoms with Gasteiger partial charge in [0.15, 0.2) is 0 Å². The van der Waals surface area contributed by atoms with Crippen molar-refractivity contribution in [1.82, 2.24) is 10.2 Å². The van der Waals surface area contributed by atoms with Gasteiger partial charge in [-0.3, -0.25) is 34.2 Å². The normalized spacial score (nSPS) is 19.1. The molecule has 0 saturated carbocycles. The highest BCUT2D eigenvalue weighted by Crippen LogP contribution is 2.32. The Balaban J connectivity index is 1.75. The zero-order valence-corrected chi connectivity index (χ0v) is 14.3. The summed E-state index contributed by atoms with van der Waals surface area (Å²) in [5.41, 5.74) is 5.75. The van der Waals surface area contributed by atoms with Crippen LogP contribution in [0.1, 0.15) is 33.6 Å². The third kappa shape index (κ3) is 3.65. The van der Waals surface area contributed by atoms with Crippen molar-refractivity contribution < 1.29 is 28.7 Å². The Bertz CT molecular complexity index is 837. The molecule has 2 heterocycles. The minimum Gasteiger partial charge on any atom is -0.382 e. The maximum Gasteiger partial charge on any atom is 0.264 e. The number of primary amides is 1. The molecule has 1 aromatic rings. The zero-order valence-electron chi connectivity index (χ0n) is 14.3. The number of piperidine rings is 1. The summed E-state index contributed by atoms with van der Waals surface area (Å²) in [4.78, 5) is 60.4. The van der Waals surface area contributed by atoms with Gasteiger partial charge in [-0.2, -0.15) is 0 Å². The molecule has 2 aliphatic rings. The molecule has 1 aromatic carbocycles. The van der Waals surface area contributed by atoms with E-state index in [1.54, 1.807) is 12.1 Å². The second-order valence-electron chi connectivity index (χ2n) is 6.12. The summed E-state index contributed by atoms with van der Waals surface area (Å²) in [5, 5.41) is 5.13. The highest BCUT2D eigenvalue weighted by atomic mass is 16.5. The van der Waals surface area contributed by atoms with Crippen molar-refractivity contribution in [1.29, 1.82) is 0 Å². The molecule has 10 nitrogen and oxygen atoms in total. The van der Waals surface area contributed by atoms with E-state index < -0.39 is 35.6 Å². The van der Waals surface area contributed by atoms with Crippen LogP contribution >= 0.6 is 0 Å². The molecular weight excluding hydrogens is 356 g/mol. The van der Waals surface area contributed by atoms with Gasteiger partial charge >= 0.3 is 0 Å². The first-order valence-corrected chi connectivity index (χ1v) is 8.34. The molecule has 0 radical (unpaired) electrons. The second kappa shape index (κ2) is 7.54. The number of benzene rings is 1. The number of nitrogens with one attached hydrogen (secondary N) is 2. The first kappa shape index (κ1) is 18.5. The van der Waals surface area contributed by atoms with Gasteiger partial charge in [0.25, 0.3) is 11.8 Å². The number of imide groups is 2. The van der Waals surface area contributed by atoms with E-state index in [1.165, 1.54) is 6.07 Å². The maximum absolute atomic E-state index is 12.8. The first-order chi connectivity index (χ1) is 12.9. The van der Waals surface area contributed by atoms with E-state index in [2.05, 4.69) is 10.6 Å². The average Bonchev–Trinajstić information content (AvgIpc) is 2.87. The zero-order chi connectivity index (χ0) is 19.6. The van der Waals surface area contributed by atoms with Crippen LogP contribution in [0.25, 0.3) is 0 Å². The fraction of sp³-hybridized carbons (Fsp3) is 0.353. The molecule has 1 saturated heterocycles. The van der Waals surface area contributed by atoms with Crippen LogP contribution in [0.15, 0.2) is 18.2 Å². The van der Waals surface area contributed by atoms with E-state index in [4.69, 9.17) is 10.5 Å². The van der Waals surface area contributed by atoms with E-state index >= 15 is 0 Å². The number of carbonyl (C=O) groups is 5. The predicted molar refractivity (Wildman–Crippen MR) is 91.6 cm³/mol. The van der Waals surface area contributed by atoms with Gasteiger partial charge in [-0.1, -0.05) is 6.07 Å². The van der Waals surface area contributed by atoms with Crippen molar-refractivity contribution in [3.63, 3.8) is 0 Å². The Hall–Kier alpha value is -3.27. The van der Waals surface area contributed by atoms with Crippen molar-refractivity contribution in [2.24, 2.45) is 5.73 Å². The summed E-state index contributed by atoms with van der Waals surface area (Å²) in [6.07, 6.45) is 0.159. The topological polar surface area (TPSA) is 148 Å². The summed E-state index contributed by atoms with van der Waals surface area (Å²) in [6, 6.07) is 3.74. The molecule has 1 fully saturated rings. The Morgan fingerprint density at radius 1 is 1.26 bits per heavy atom. The summed E-state index contributed by atoms with van der Waals surface area (Å²) in [7, 11) is 0. The Labute approximate surface area is 154 Å². The van der Waals surface area contributed by atoms with Crippen LogP contribution in [0.5, 0.6) is 0 Å². The highest BCUT2D eigenvalue weighted by Gasteiger charge is 2.45. The number of hydrogen-bond acceptors (Lipinski definition) is 7. The van der Waals surface area contributed by atoms with Gasteiger partial charge in [0.05, 0.1) is 17.7 Å². The van der Waals surface area contributed by atoms with Gasteiger partial charge in [0.2, 0.25) is 17.7 Å². The Morgan fingerprint density at radius 2 is 2.04 bits per heavy atom. The predicted octanol–water partition coefficient (Wildman–Crippen LogP) is -0.998. The molecule has 5 amide bonds. The second-order valence-corrected chi connectivity index (χ2v) is 6.12. The van der Waals surface area contributed by atoms with Gasteiger partial charge < -0.3 is 15.8 Å². The summed E-state index contributed by atoms with van der Waals surface area (Å²) < 4.78 is 5.04. The molecule has 2 aliphatic heterocycles. The van der Waals surface area contributed by atoms with Crippen LogP contribution in [0, 0.1) is 0 Å². The lowest BCUT2D eigenvalue weighted by Crippen LogP contribution is -2.54. The molecule has 0 bridgehead atoms. The molecule has 1 atom stereocenters. The number of amides is 5. The van der Waals surface area contributed by atoms with Crippen molar-refractivity contribution in [2.75, 3.05) is 25.1 Å². The van der Waals surface area contributed by atoms with Crippen LogP contribution in [0.3, 0.4) is 0 Å². The third-order valence-electron chi connectivity index (χ3n) is 4.27. The lowest BCUT2D eigenvalue weighted by molar-refractivity contribution is -0.136. The molecular formula is C17H18N4O6. The number of anilines is 1. The maximum atomic E-state index is 12.8. The van der Waals surface area contributed by atoms with Crippen LogP contribution in [-0.4, -0.2) is 60.2 Å². The summed E-state index contributed by atoms with van der Waals surface area (Å²) >= 11 is 0. The van der Waals surface area contributed by atoms with Gasteiger partial charge in [-0.15, -0.1) is 0 Å². The molecule has 142 valence electrons. The van der Waals surface area contributed by atoms with Crippen molar-refractivity contribution in [3.05, 3.63) is 29.3 Å². The molecule has 3 rings (SSSR count). The molecule has 4 N–H and O–H groups in total. The van der Waals surface area contributed by atoms with Crippen LogP contribution in [0.4, 0.5) is 5.69 Å². The van der Waals surface area contributed by atoms with E-state index in [9.17, 15) is 24.0 Å². The van der Waals surface area contributed by atoms with Crippen molar-refractivity contribution in [3.8, 4) is 0 Å². The van der Waals surface area contributed by atoms with Crippen LogP contribution in [-0.2, 0) is 19.1 Å². The SMILES string of the molecule is NC(=O)COCCNc1cccc2c1C(=O)N(C1CCC(=O)NC1=O)C2=O. The Morgan fingerprint density at radius 3 is 2.74 bits per heavy atom. The number of carbonyl (C=O) groups excluding carboxylic acids is 5.